The van der Waals surface area contributed by atoms with Crippen molar-refractivity contribution in [3.05, 3.63) is 0 Å². The molecule has 0 aromatic heterocycles. The lowest BCUT2D eigenvalue weighted by atomic mass is 9.82. The van der Waals surface area contributed by atoms with Crippen molar-refractivity contribution in [3.8, 4) is 0 Å². The van der Waals surface area contributed by atoms with E-state index in [1.54, 1.807) is 0 Å². The van der Waals surface area contributed by atoms with Gasteiger partial charge >= 0.3 is 0 Å². The van der Waals surface area contributed by atoms with E-state index in [1.165, 1.54) is 13.1 Å². The number of nitrogens with zero attached hydrogens (tertiary/aromatic N) is 1. The molecule has 0 aromatic rings. The Balaban J connectivity index is 2.36. The lowest BCUT2D eigenvalue weighted by molar-refractivity contribution is 0.403. The van der Waals surface area contributed by atoms with Gasteiger partial charge in [0.2, 0.25) is 0 Å². The molecule has 0 saturated carbocycles. The van der Waals surface area contributed by atoms with E-state index in [4.69, 9.17) is 7.85 Å². The summed E-state index contributed by atoms with van der Waals surface area (Å²) >= 11 is 0. The van der Waals surface area contributed by atoms with Crippen molar-refractivity contribution in [3.63, 3.8) is 0 Å². The van der Waals surface area contributed by atoms with Gasteiger partial charge in [-0.1, -0.05) is 13.8 Å². The normalized spacial score (nSPS) is 22.6. The molecule has 0 aromatic carbocycles. The number of hydrogen-bond donors (Lipinski definition) is 0. The molecule has 0 aliphatic carbocycles. The smallest absolute Gasteiger partial charge is 0.0949 e. The zero-order valence-electron chi connectivity index (χ0n) is 4.94. The molecular weight excluding hydrogens is 84.9 g/mol. The van der Waals surface area contributed by atoms with Crippen LogP contribution in [0.2, 0.25) is 0 Å². The highest BCUT2D eigenvalue weighted by atomic mass is 15.3. The highest BCUT2D eigenvalue weighted by molar-refractivity contribution is 6.14. The van der Waals surface area contributed by atoms with E-state index in [0.29, 0.717) is 0 Å². The van der Waals surface area contributed by atoms with Crippen LogP contribution in [0.25, 0.3) is 0 Å². The van der Waals surface area contributed by atoms with Gasteiger partial charge in [0.15, 0.2) is 0 Å². The van der Waals surface area contributed by atoms with Crippen molar-refractivity contribution < 1.29 is 0 Å². The summed E-state index contributed by atoms with van der Waals surface area (Å²) in [6.07, 6.45) is 0. The van der Waals surface area contributed by atoms with Crippen LogP contribution in [-0.2, 0) is 0 Å². The summed E-state index contributed by atoms with van der Waals surface area (Å²) in [5, 5.41) is 0. The van der Waals surface area contributed by atoms with Crippen LogP contribution in [0.4, 0.5) is 0 Å². The van der Waals surface area contributed by atoms with Crippen LogP contribution in [0.15, 0.2) is 0 Å². The maximum absolute atomic E-state index is 5.67. The average Bonchev–Trinajstić information content (AvgIpc) is 1.99. The molecule has 2 heteroatoms. The van der Waals surface area contributed by atoms with Crippen LogP contribution in [0.5, 0.6) is 0 Å². The van der Waals surface area contributed by atoms with E-state index in [0.717, 1.165) is 0 Å². The second-order valence-electron chi connectivity index (χ2n) is 2.64. The van der Waals surface area contributed by atoms with Crippen molar-refractivity contribution in [1.82, 2.24) is 4.90 Å². The molecule has 0 amide bonds. The Morgan fingerprint density at radius 2 is 1.86 bits per heavy atom. The number of hydrogen-bond acceptors (Lipinski definition) is 1. The van der Waals surface area contributed by atoms with Gasteiger partial charge in [-0.3, -0.25) is 0 Å². The van der Waals surface area contributed by atoms with Crippen LogP contribution in [0.3, 0.4) is 0 Å². The van der Waals surface area contributed by atoms with E-state index in [9.17, 15) is 0 Å². The van der Waals surface area contributed by atoms with E-state index in [-0.39, 0.29) is 5.44 Å². The van der Waals surface area contributed by atoms with Gasteiger partial charge in [0.25, 0.3) is 0 Å². The van der Waals surface area contributed by atoms with Crippen molar-refractivity contribution in [2.45, 2.75) is 19.3 Å². The van der Waals surface area contributed by atoms with Crippen LogP contribution < -0.4 is 0 Å². The van der Waals surface area contributed by atoms with Crippen molar-refractivity contribution in [2.24, 2.45) is 0 Å². The molecule has 38 valence electrons. The molecule has 1 heterocycles. The minimum atomic E-state index is -0.0556. The largest absolute Gasteiger partial charge is 0.304 e. The summed E-state index contributed by atoms with van der Waals surface area (Å²) in [7, 11) is 5.67. The first kappa shape index (κ1) is 5.17. The molecular formula is C5H10BN. The fourth-order valence-corrected chi connectivity index (χ4v) is 0.626. The Hall–Kier alpha value is 0.0249. The van der Waals surface area contributed by atoms with Gasteiger partial charge in [0.05, 0.1) is 7.85 Å². The monoisotopic (exact) mass is 95.1 g/mol. The van der Waals surface area contributed by atoms with E-state index < -0.39 is 0 Å². The Bertz CT molecular complexity index is 70.6. The first-order chi connectivity index (χ1) is 3.11. The van der Waals surface area contributed by atoms with Gasteiger partial charge in [-0.25, -0.2) is 0 Å². The highest BCUT2D eigenvalue weighted by Crippen LogP contribution is 2.17. The predicted octanol–water partition coefficient (Wildman–Crippen LogP) is 0.207. The third-order valence-electron chi connectivity index (χ3n) is 1.26. The molecule has 1 nitrogen and oxygen atoms in total. The van der Waals surface area contributed by atoms with Gasteiger partial charge in [-0.15, -0.1) is 0 Å². The molecule has 1 fully saturated rings. The first-order valence-electron chi connectivity index (χ1n) is 2.64. The van der Waals surface area contributed by atoms with E-state index >= 15 is 0 Å². The predicted molar refractivity (Wildman–Crippen MR) is 31.4 cm³/mol. The van der Waals surface area contributed by atoms with Gasteiger partial charge in [0.1, 0.15) is 0 Å². The molecule has 7 heavy (non-hydrogen) atoms. The minimum absolute atomic E-state index is 0.0556. The van der Waals surface area contributed by atoms with Crippen LogP contribution in [0.1, 0.15) is 13.8 Å². The van der Waals surface area contributed by atoms with Crippen LogP contribution in [0, 0.1) is 0 Å². The van der Waals surface area contributed by atoms with Gasteiger partial charge in [0, 0.05) is 13.1 Å². The summed E-state index contributed by atoms with van der Waals surface area (Å²) in [6.45, 7) is 6.42. The Morgan fingerprint density at radius 1 is 1.43 bits per heavy atom. The topological polar surface area (TPSA) is 3.01 Å². The van der Waals surface area contributed by atoms with Gasteiger partial charge in [-0.2, -0.15) is 0 Å². The second-order valence-corrected chi connectivity index (χ2v) is 2.64. The average molecular weight is 95.0 g/mol. The van der Waals surface area contributed by atoms with E-state index in [1.807, 2.05) is 13.8 Å². The molecule has 0 unspecified atom stereocenters. The van der Waals surface area contributed by atoms with Crippen molar-refractivity contribution >= 4 is 7.85 Å². The molecule has 0 atom stereocenters. The zero-order valence-corrected chi connectivity index (χ0v) is 4.94. The molecule has 1 rings (SSSR count). The molecule has 0 spiro atoms. The third-order valence-corrected chi connectivity index (χ3v) is 1.26. The maximum atomic E-state index is 5.67. The number of rotatable bonds is 1. The zero-order chi connectivity index (χ0) is 5.49. The Labute approximate surface area is 46.1 Å². The Morgan fingerprint density at radius 3 is 1.86 bits per heavy atom. The van der Waals surface area contributed by atoms with E-state index in [2.05, 4.69) is 4.90 Å². The van der Waals surface area contributed by atoms with Gasteiger partial charge in [-0.05, 0) is 5.44 Å². The van der Waals surface area contributed by atoms with Gasteiger partial charge < -0.3 is 4.90 Å². The lowest BCUT2D eigenvalue weighted by Gasteiger charge is -2.19. The molecule has 2 radical (unpaired) electrons. The molecule has 0 N–H and O–H groups in total. The van der Waals surface area contributed by atoms with Crippen LogP contribution >= 0.6 is 0 Å². The minimum Gasteiger partial charge on any atom is -0.304 e. The first-order valence-corrected chi connectivity index (χ1v) is 2.64. The van der Waals surface area contributed by atoms with Crippen molar-refractivity contribution in [1.29, 1.82) is 0 Å². The summed E-state index contributed by atoms with van der Waals surface area (Å²) in [5.74, 6) is 0. The molecule has 1 aliphatic rings. The molecule has 1 aliphatic heterocycles. The summed E-state index contributed by atoms with van der Waals surface area (Å²) in [4.78, 5) is 2.22. The third kappa shape index (κ3) is 1.20. The molecule has 0 bridgehead atoms. The standard InChI is InChI=1S/C5H10BN/c1-5(2,6)7-3-4-7/h3-4H2,1-2H3. The SMILES string of the molecule is [B]C(C)(C)N1CC1. The fourth-order valence-electron chi connectivity index (χ4n) is 0.626. The fraction of sp³-hybridized carbons (Fsp3) is 1.00. The maximum Gasteiger partial charge on any atom is 0.0949 e. The second kappa shape index (κ2) is 1.25. The summed E-state index contributed by atoms with van der Waals surface area (Å²) in [5.41, 5.74) is -0.0556. The quantitative estimate of drug-likeness (QED) is 0.332. The van der Waals surface area contributed by atoms with Crippen LogP contribution in [-0.4, -0.2) is 31.3 Å². The summed E-state index contributed by atoms with van der Waals surface area (Å²) < 4.78 is 0. The Kier molecular flexibility index (Phi) is 0.924. The summed E-state index contributed by atoms with van der Waals surface area (Å²) in [6, 6.07) is 0. The molecule has 1 saturated heterocycles. The highest BCUT2D eigenvalue weighted by Gasteiger charge is 2.28. The lowest BCUT2D eigenvalue weighted by Crippen LogP contribution is -2.30. The van der Waals surface area contributed by atoms with Crippen molar-refractivity contribution in [2.75, 3.05) is 13.1 Å².